The summed E-state index contributed by atoms with van der Waals surface area (Å²) in [5, 5.41) is 0. The number of rotatable bonds is 4. The first-order chi connectivity index (χ1) is 13.5. The number of ketones is 1. The second-order valence-electron chi connectivity index (χ2n) is 6.68. The summed E-state index contributed by atoms with van der Waals surface area (Å²) >= 11 is 0. The van der Waals surface area contributed by atoms with E-state index < -0.39 is 6.10 Å². The Hall–Kier alpha value is -3.67. The number of carbonyl (C=O) groups is 2. The van der Waals surface area contributed by atoms with Crippen LogP contribution >= 0.6 is 0 Å². The number of Topliss-reactive ketones (excluding diaryl/α,β-unsaturated/α-hetero) is 1. The third kappa shape index (κ3) is 3.32. The third-order valence-corrected chi connectivity index (χ3v) is 4.63. The number of hydrogen-bond donors (Lipinski definition) is 1. The zero-order valence-corrected chi connectivity index (χ0v) is 15.3. The third-order valence-electron chi connectivity index (χ3n) is 4.63. The van der Waals surface area contributed by atoms with E-state index in [0.717, 1.165) is 5.56 Å². The summed E-state index contributed by atoms with van der Waals surface area (Å²) < 4.78 is 5.90. The van der Waals surface area contributed by atoms with Crippen molar-refractivity contribution in [2.45, 2.75) is 13.0 Å². The largest absolute Gasteiger partial charge is 0.472 e. The minimum Gasteiger partial charge on any atom is -0.472 e. The minimum absolute atomic E-state index is 0.141. The lowest BCUT2D eigenvalue weighted by Crippen LogP contribution is -2.44. The Bertz CT molecular complexity index is 1030. The van der Waals surface area contributed by atoms with Gasteiger partial charge in [-0.25, -0.2) is 4.98 Å². The predicted molar refractivity (Wildman–Crippen MR) is 106 cm³/mol. The summed E-state index contributed by atoms with van der Waals surface area (Å²) in [5.74, 6) is 0.396. The second kappa shape index (κ2) is 7.15. The predicted octanol–water partition coefficient (Wildman–Crippen LogP) is 3.32. The molecule has 3 aromatic rings. The average Bonchev–Trinajstić information content (AvgIpc) is 2.71. The van der Waals surface area contributed by atoms with Crippen molar-refractivity contribution in [2.75, 3.05) is 17.2 Å². The first-order valence-corrected chi connectivity index (χ1v) is 8.92. The Morgan fingerprint density at radius 3 is 2.50 bits per heavy atom. The molecule has 6 nitrogen and oxygen atoms in total. The molecule has 6 heteroatoms. The van der Waals surface area contributed by atoms with Gasteiger partial charge in [-0.2, -0.15) is 0 Å². The average molecular weight is 373 g/mol. The Kier molecular flexibility index (Phi) is 4.53. The standard InChI is InChI=1S/C22H19N3O3/c1-14-7-9-15(10-8-14)17(26)13-25-21-18(11-12-19(23)24-21)28-20(22(25)27)16-5-3-2-4-6-16/h2-12,20H,13H2,1H3,(H2,23,24). The number of nitrogen functional groups attached to an aromatic ring is 1. The van der Waals surface area contributed by atoms with Gasteiger partial charge in [0.05, 0.1) is 6.54 Å². The van der Waals surface area contributed by atoms with E-state index in [1.54, 1.807) is 24.3 Å². The number of anilines is 2. The van der Waals surface area contributed by atoms with Gasteiger partial charge in [-0.05, 0) is 19.1 Å². The molecule has 0 bridgehead atoms. The van der Waals surface area contributed by atoms with Gasteiger partial charge < -0.3 is 10.5 Å². The van der Waals surface area contributed by atoms with Crippen molar-refractivity contribution in [3.8, 4) is 5.75 Å². The summed E-state index contributed by atoms with van der Waals surface area (Å²) in [6.07, 6.45) is -0.843. The molecule has 1 aliphatic rings. The van der Waals surface area contributed by atoms with Gasteiger partial charge in [0.1, 0.15) is 5.82 Å². The van der Waals surface area contributed by atoms with Gasteiger partial charge in [-0.3, -0.25) is 14.5 Å². The van der Waals surface area contributed by atoms with Gasteiger partial charge >= 0.3 is 0 Å². The van der Waals surface area contributed by atoms with E-state index in [4.69, 9.17) is 10.5 Å². The number of aromatic nitrogens is 1. The summed E-state index contributed by atoms with van der Waals surface area (Å²) in [6.45, 7) is 1.81. The van der Waals surface area contributed by atoms with Crippen LogP contribution in [0.15, 0.2) is 66.7 Å². The molecule has 1 unspecified atom stereocenters. The minimum atomic E-state index is -0.843. The number of amides is 1. The molecular weight excluding hydrogens is 354 g/mol. The first-order valence-electron chi connectivity index (χ1n) is 8.92. The lowest BCUT2D eigenvalue weighted by atomic mass is 10.0. The van der Waals surface area contributed by atoms with Crippen molar-refractivity contribution in [3.05, 3.63) is 83.4 Å². The molecule has 1 atom stereocenters. The maximum Gasteiger partial charge on any atom is 0.274 e. The van der Waals surface area contributed by atoms with Crippen molar-refractivity contribution >= 4 is 23.3 Å². The fourth-order valence-electron chi connectivity index (χ4n) is 3.12. The number of benzene rings is 2. The van der Waals surface area contributed by atoms with E-state index in [0.29, 0.717) is 16.9 Å². The Labute approximate surface area is 162 Å². The van der Waals surface area contributed by atoms with E-state index in [2.05, 4.69) is 4.98 Å². The van der Waals surface area contributed by atoms with E-state index in [1.807, 2.05) is 49.4 Å². The van der Waals surface area contributed by atoms with Gasteiger partial charge in [0.2, 0.25) is 6.10 Å². The first kappa shape index (κ1) is 17.7. The van der Waals surface area contributed by atoms with Crippen molar-refractivity contribution in [1.29, 1.82) is 0 Å². The van der Waals surface area contributed by atoms with Crippen LogP contribution in [0.25, 0.3) is 0 Å². The summed E-state index contributed by atoms with van der Waals surface area (Å²) in [5.41, 5.74) is 8.11. The Morgan fingerprint density at radius 1 is 1.07 bits per heavy atom. The molecular formula is C22H19N3O3. The number of fused-ring (bicyclic) bond motifs is 1. The maximum absolute atomic E-state index is 13.2. The van der Waals surface area contributed by atoms with E-state index >= 15 is 0 Å². The zero-order chi connectivity index (χ0) is 19.7. The number of carbonyl (C=O) groups excluding carboxylic acids is 2. The quantitative estimate of drug-likeness (QED) is 0.709. The summed E-state index contributed by atoms with van der Waals surface area (Å²) in [4.78, 5) is 31.6. The second-order valence-corrected chi connectivity index (χ2v) is 6.68. The van der Waals surface area contributed by atoms with Crippen LogP contribution in [0.2, 0.25) is 0 Å². The van der Waals surface area contributed by atoms with Crippen LogP contribution in [0.3, 0.4) is 0 Å². The summed E-state index contributed by atoms with van der Waals surface area (Å²) in [6, 6.07) is 19.7. The van der Waals surface area contributed by atoms with E-state index in [-0.39, 0.29) is 29.9 Å². The molecule has 0 saturated heterocycles. The van der Waals surface area contributed by atoms with Crippen molar-refractivity contribution in [2.24, 2.45) is 0 Å². The maximum atomic E-state index is 13.2. The molecule has 28 heavy (non-hydrogen) atoms. The normalized spacial score (nSPS) is 15.7. The fraction of sp³-hybridized carbons (Fsp3) is 0.136. The van der Waals surface area contributed by atoms with Gasteiger partial charge in [0.25, 0.3) is 5.91 Å². The monoisotopic (exact) mass is 373 g/mol. The van der Waals surface area contributed by atoms with Gasteiger partial charge in [-0.15, -0.1) is 0 Å². The molecule has 0 fully saturated rings. The number of nitrogens with two attached hydrogens (primary N) is 1. The van der Waals surface area contributed by atoms with E-state index in [1.165, 1.54) is 4.90 Å². The fourth-order valence-corrected chi connectivity index (χ4v) is 3.12. The van der Waals surface area contributed by atoms with Gasteiger partial charge in [-0.1, -0.05) is 60.2 Å². The molecule has 1 aromatic heterocycles. The molecule has 2 aromatic carbocycles. The van der Waals surface area contributed by atoms with Crippen LogP contribution in [0, 0.1) is 6.92 Å². The molecule has 0 spiro atoms. The lowest BCUT2D eigenvalue weighted by molar-refractivity contribution is -0.126. The van der Waals surface area contributed by atoms with Crippen LogP contribution in [0.5, 0.6) is 5.75 Å². The molecule has 0 radical (unpaired) electrons. The molecule has 0 saturated carbocycles. The molecule has 4 rings (SSSR count). The van der Waals surface area contributed by atoms with Crippen molar-refractivity contribution < 1.29 is 14.3 Å². The van der Waals surface area contributed by atoms with Crippen LogP contribution < -0.4 is 15.4 Å². The smallest absolute Gasteiger partial charge is 0.274 e. The van der Waals surface area contributed by atoms with Crippen LogP contribution in [-0.2, 0) is 4.79 Å². The number of nitrogens with zero attached hydrogens (tertiary/aromatic N) is 2. The van der Waals surface area contributed by atoms with Crippen LogP contribution in [0.1, 0.15) is 27.6 Å². The Morgan fingerprint density at radius 2 is 1.79 bits per heavy atom. The molecule has 2 heterocycles. The highest BCUT2D eigenvalue weighted by atomic mass is 16.5. The SMILES string of the molecule is Cc1ccc(C(=O)CN2C(=O)C(c3ccccc3)Oc3ccc(N)nc32)cc1. The number of aryl methyl sites for hydroxylation is 1. The topological polar surface area (TPSA) is 85.5 Å². The number of pyridine rings is 1. The van der Waals surface area contributed by atoms with Crippen molar-refractivity contribution in [1.82, 2.24) is 4.98 Å². The van der Waals surface area contributed by atoms with E-state index in [9.17, 15) is 9.59 Å². The molecule has 0 aliphatic carbocycles. The highest BCUT2D eigenvalue weighted by Crippen LogP contribution is 2.38. The highest BCUT2D eigenvalue weighted by Gasteiger charge is 2.37. The Balaban J connectivity index is 1.71. The van der Waals surface area contributed by atoms with Crippen LogP contribution in [0.4, 0.5) is 11.6 Å². The molecule has 1 aliphatic heterocycles. The van der Waals surface area contributed by atoms with Gasteiger partial charge in [0, 0.05) is 11.1 Å². The summed E-state index contributed by atoms with van der Waals surface area (Å²) in [7, 11) is 0. The number of hydrogen-bond acceptors (Lipinski definition) is 5. The highest BCUT2D eigenvalue weighted by molar-refractivity contribution is 6.08. The number of ether oxygens (including phenoxy) is 1. The van der Waals surface area contributed by atoms with Crippen molar-refractivity contribution in [3.63, 3.8) is 0 Å². The molecule has 2 N–H and O–H groups in total. The van der Waals surface area contributed by atoms with Crippen LogP contribution in [-0.4, -0.2) is 23.2 Å². The zero-order valence-electron chi connectivity index (χ0n) is 15.3. The van der Waals surface area contributed by atoms with Gasteiger partial charge in [0.15, 0.2) is 17.4 Å². The molecule has 140 valence electrons. The molecule has 1 amide bonds. The lowest BCUT2D eigenvalue weighted by Gasteiger charge is -2.33.